The largest absolute Gasteiger partial charge is 0.313 e. The van der Waals surface area contributed by atoms with Gasteiger partial charge in [0.1, 0.15) is 5.82 Å². The Morgan fingerprint density at radius 1 is 1.38 bits per heavy atom. The quantitative estimate of drug-likeness (QED) is 0.900. The standard InChI is InChI=1S/C15H18Cl2FN3/c1-4-12-15(17)14(21(3)20-12)8-13(19-2)9-5-6-10(16)11(18)7-9/h5-7,13,19H,4,8H2,1-3H3. The number of benzene rings is 1. The minimum absolute atomic E-state index is 0.0608. The lowest BCUT2D eigenvalue weighted by Crippen LogP contribution is -2.20. The van der Waals surface area contributed by atoms with Gasteiger partial charge in [0, 0.05) is 19.5 Å². The molecule has 0 fully saturated rings. The summed E-state index contributed by atoms with van der Waals surface area (Å²) in [7, 11) is 3.71. The highest BCUT2D eigenvalue weighted by atomic mass is 35.5. The summed E-state index contributed by atoms with van der Waals surface area (Å²) < 4.78 is 15.4. The lowest BCUT2D eigenvalue weighted by molar-refractivity contribution is 0.553. The molecule has 114 valence electrons. The number of nitrogens with zero attached hydrogens (tertiary/aromatic N) is 2. The Kier molecular flexibility index (Phi) is 5.25. The van der Waals surface area contributed by atoms with E-state index in [9.17, 15) is 4.39 Å². The van der Waals surface area contributed by atoms with E-state index in [1.54, 1.807) is 10.7 Å². The van der Waals surface area contributed by atoms with Crippen molar-refractivity contribution in [1.82, 2.24) is 15.1 Å². The molecule has 0 aliphatic heterocycles. The van der Waals surface area contributed by atoms with Gasteiger partial charge in [0.15, 0.2) is 0 Å². The molecule has 6 heteroatoms. The molecule has 0 bridgehead atoms. The molecule has 0 aliphatic rings. The van der Waals surface area contributed by atoms with Gasteiger partial charge in [0.2, 0.25) is 0 Å². The maximum absolute atomic E-state index is 13.6. The second-order valence-electron chi connectivity index (χ2n) is 4.90. The minimum atomic E-state index is -0.417. The fraction of sp³-hybridized carbons (Fsp3) is 0.400. The predicted octanol–water partition coefficient (Wildman–Crippen LogP) is 3.93. The highest BCUT2D eigenvalue weighted by molar-refractivity contribution is 6.32. The van der Waals surface area contributed by atoms with E-state index in [4.69, 9.17) is 23.2 Å². The predicted molar refractivity (Wildman–Crippen MR) is 84.5 cm³/mol. The zero-order valence-corrected chi connectivity index (χ0v) is 13.8. The minimum Gasteiger partial charge on any atom is -0.313 e. The van der Waals surface area contributed by atoms with Crippen molar-refractivity contribution >= 4 is 23.2 Å². The Morgan fingerprint density at radius 2 is 2.10 bits per heavy atom. The van der Waals surface area contributed by atoms with Crippen LogP contribution in [0.4, 0.5) is 4.39 Å². The van der Waals surface area contributed by atoms with Crippen molar-refractivity contribution in [3.8, 4) is 0 Å². The maximum atomic E-state index is 13.6. The molecular formula is C15H18Cl2FN3. The van der Waals surface area contributed by atoms with Gasteiger partial charge in [0.05, 0.1) is 21.4 Å². The Bertz CT molecular complexity index is 640. The van der Waals surface area contributed by atoms with Gasteiger partial charge in [-0.2, -0.15) is 5.10 Å². The van der Waals surface area contributed by atoms with E-state index in [0.29, 0.717) is 11.4 Å². The van der Waals surface area contributed by atoms with Crippen LogP contribution in [-0.2, 0) is 19.9 Å². The third kappa shape index (κ3) is 3.39. The molecule has 1 aromatic carbocycles. The summed E-state index contributed by atoms with van der Waals surface area (Å²) in [5.74, 6) is -0.417. The zero-order valence-electron chi connectivity index (χ0n) is 12.3. The molecule has 2 aromatic rings. The molecule has 1 heterocycles. The number of hydrogen-bond acceptors (Lipinski definition) is 2. The molecule has 3 nitrogen and oxygen atoms in total. The van der Waals surface area contributed by atoms with Gasteiger partial charge in [-0.15, -0.1) is 0 Å². The molecule has 1 atom stereocenters. The van der Waals surface area contributed by atoms with Crippen LogP contribution in [0.15, 0.2) is 18.2 Å². The second-order valence-corrected chi connectivity index (χ2v) is 5.69. The summed E-state index contributed by atoms with van der Waals surface area (Å²) in [6.45, 7) is 2.02. The third-order valence-electron chi connectivity index (χ3n) is 3.59. The van der Waals surface area contributed by atoms with Gasteiger partial charge in [-0.05, 0) is 31.2 Å². The molecule has 0 radical (unpaired) electrons. The first kappa shape index (κ1) is 16.3. The lowest BCUT2D eigenvalue weighted by Gasteiger charge is -2.17. The average molecular weight is 330 g/mol. The van der Waals surface area contributed by atoms with E-state index >= 15 is 0 Å². The normalized spacial score (nSPS) is 12.7. The van der Waals surface area contributed by atoms with Gasteiger partial charge in [-0.3, -0.25) is 4.68 Å². The monoisotopic (exact) mass is 329 g/mol. The van der Waals surface area contributed by atoms with Crippen molar-refractivity contribution in [2.24, 2.45) is 7.05 Å². The van der Waals surface area contributed by atoms with Crippen LogP contribution in [0.1, 0.15) is 29.9 Å². The number of halogens is 3. The van der Waals surface area contributed by atoms with Crippen LogP contribution in [0, 0.1) is 5.82 Å². The summed E-state index contributed by atoms with van der Waals surface area (Å²) in [4.78, 5) is 0. The maximum Gasteiger partial charge on any atom is 0.142 e. The summed E-state index contributed by atoms with van der Waals surface area (Å²) in [5, 5.41) is 8.40. The number of aromatic nitrogens is 2. The van der Waals surface area contributed by atoms with E-state index in [-0.39, 0.29) is 11.1 Å². The van der Waals surface area contributed by atoms with Crippen LogP contribution in [0.5, 0.6) is 0 Å². The number of likely N-dealkylation sites (N-methyl/N-ethyl adjacent to an activating group) is 1. The molecule has 0 spiro atoms. The number of aryl methyl sites for hydroxylation is 2. The summed E-state index contributed by atoms with van der Waals surface area (Å²) >= 11 is 12.1. The Balaban J connectivity index is 2.31. The summed E-state index contributed by atoms with van der Waals surface area (Å²) in [6, 6.07) is 4.78. The van der Waals surface area contributed by atoms with Crippen LogP contribution in [0.2, 0.25) is 10.0 Å². The van der Waals surface area contributed by atoms with Gasteiger partial charge in [0.25, 0.3) is 0 Å². The number of rotatable bonds is 5. The van der Waals surface area contributed by atoms with Gasteiger partial charge < -0.3 is 5.32 Å². The molecule has 21 heavy (non-hydrogen) atoms. The van der Waals surface area contributed by atoms with E-state index in [2.05, 4.69) is 10.4 Å². The molecule has 0 aliphatic carbocycles. The Labute approximate surface area is 134 Å². The Hall–Kier alpha value is -1.10. The fourth-order valence-electron chi connectivity index (χ4n) is 2.35. The van der Waals surface area contributed by atoms with Crippen LogP contribution < -0.4 is 5.32 Å². The lowest BCUT2D eigenvalue weighted by atomic mass is 10.0. The van der Waals surface area contributed by atoms with Gasteiger partial charge >= 0.3 is 0 Å². The van der Waals surface area contributed by atoms with E-state index in [1.165, 1.54) is 6.07 Å². The van der Waals surface area contributed by atoms with Crippen molar-refractivity contribution in [3.05, 3.63) is 51.0 Å². The molecular weight excluding hydrogens is 312 g/mol. The van der Waals surface area contributed by atoms with Crippen LogP contribution >= 0.6 is 23.2 Å². The zero-order chi connectivity index (χ0) is 15.6. The van der Waals surface area contributed by atoms with E-state index in [0.717, 1.165) is 23.4 Å². The molecule has 0 saturated carbocycles. The molecule has 0 saturated heterocycles. The molecule has 0 amide bonds. The molecule has 1 aromatic heterocycles. The van der Waals surface area contributed by atoms with Crippen molar-refractivity contribution in [3.63, 3.8) is 0 Å². The third-order valence-corrected chi connectivity index (χ3v) is 4.34. The Morgan fingerprint density at radius 3 is 2.62 bits per heavy atom. The highest BCUT2D eigenvalue weighted by Crippen LogP contribution is 2.27. The smallest absolute Gasteiger partial charge is 0.142 e. The van der Waals surface area contributed by atoms with Crippen molar-refractivity contribution in [1.29, 1.82) is 0 Å². The van der Waals surface area contributed by atoms with Gasteiger partial charge in [-0.25, -0.2) is 4.39 Å². The second kappa shape index (κ2) is 6.77. The highest BCUT2D eigenvalue weighted by Gasteiger charge is 2.19. The summed E-state index contributed by atoms with van der Waals surface area (Å²) in [6.07, 6.45) is 1.41. The van der Waals surface area contributed by atoms with Crippen LogP contribution in [-0.4, -0.2) is 16.8 Å². The van der Waals surface area contributed by atoms with Crippen LogP contribution in [0.25, 0.3) is 0 Å². The molecule has 2 rings (SSSR count). The number of hydrogen-bond donors (Lipinski definition) is 1. The summed E-state index contributed by atoms with van der Waals surface area (Å²) in [5.41, 5.74) is 2.64. The van der Waals surface area contributed by atoms with Crippen molar-refractivity contribution in [2.75, 3.05) is 7.05 Å². The van der Waals surface area contributed by atoms with E-state index < -0.39 is 5.82 Å². The van der Waals surface area contributed by atoms with Gasteiger partial charge in [-0.1, -0.05) is 36.2 Å². The topological polar surface area (TPSA) is 29.9 Å². The SMILES string of the molecule is CCc1nn(C)c(CC(NC)c2ccc(Cl)c(F)c2)c1Cl. The first-order chi connectivity index (χ1) is 9.97. The van der Waals surface area contributed by atoms with Crippen LogP contribution in [0.3, 0.4) is 0 Å². The molecule has 1 N–H and O–H groups in total. The van der Waals surface area contributed by atoms with Crippen molar-refractivity contribution < 1.29 is 4.39 Å². The first-order valence-electron chi connectivity index (χ1n) is 6.80. The fourth-order valence-corrected chi connectivity index (χ4v) is 2.84. The first-order valence-corrected chi connectivity index (χ1v) is 7.56. The van der Waals surface area contributed by atoms with E-state index in [1.807, 2.05) is 27.1 Å². The average Bonchev–Trinajstić information content (AvgIpc) is 2.74. The number of nitrogens with one attached hydrogen (secondary N) is 1. The molecule has 1 unspecified atom stereocenters. The van der Waals surface area contributed by atoms with Crippen molar-refractivity contribution in [2.45, 2.75) is 25.8 Å².